The molecule has 0 spiro atoms. The van der Waals surface area contributed by atoms with Crippen LogP contribution in [0.2, 0.25) is 0 Å². The molecule has 1 aromatic carbocycles. The third kappa shape index (κ3) is 2.85. The Hall–Kier alpha value is -0.290. The summed E-state index contributed by atoms with van der Waals surface area (Å²) in [7, 11) is 1.59. The van der Waals surface area contributed by atoms with Crippen LogP contribution in [0.15, 0.2) is 22.7 Å². The van der Waals surface area contributed by atoms with Crippen molar-refractivity contribution in [2.75, 3.05) is 13.7 Å². The molecule has 0 unspecified atom stereocenters. The lowest BCUT2D eigenvalue weighted by molar-refractivity contribution is 0.182. The summed E-state index contributed by atoms with van der Waals surface area (Å²) in [6, 6.07) is 5.39. The maximum atomic E-state index is 9.60. The van der Waals surface area contributed by atoms with E-state index in [0.29, 0.717) is 6.54 Å². The van der Waals surface area contributed by atoms with Crippen LogP contribution in [0.25, 0.3) is 0 Å². The van der Waals surface area contributed by atoms with Crippen molar-refractivity contribution in [1.82, 2.24) is 4.84 Å². The maximum Gasteiger partial charge on any atom is 0.133 e. The Labute approximate surface area is 96.3 Å². The molecule has 1 aromatic rings. The van der Waals surface area contributed by atoms with Crippen LogP contribution in [0.1, 0.15) is 11.7 Å². The molecule has 14 heavy (non-hydrogen) atoms. The molecule has 5 heteroatoms. The number of aliphatic hydroxyl groups excluding tert-OH is 1. The van der Waals surface area contributed by atoms with Gasteiger partial charge in [0.25, 0.3) is 0 Å². The Morgan fingerprint density at radius 3 is 2.86 bits per heavy atom. The summed E-state index contributed by atoms with van der Waals surface area (Å²) in [6.45, 7) is 0.306. The molecule has 0 saturated heterocycles. The topological polar surface area (TPSA) is 41.5 Å². The minimum atomic E-state index is -0.616. The lowest BCUT2D eigenvalue weighted by atomic mass is 10.1. The van der Waals surface area contributed by atoms with Gasteiger partial charge in [-0.15, -0.1) is 0 Å². The molecule has 0 aromatic heterocycles. The maximum absolute atomic E-state index is 9.60. The number of hydrogen-bond acceptors (Lipinski definition) is 3. The van der Waals surface area contributed by atoms with Gasteiger partial charge in [0.05, 0.1) is 17.7 Å². The number of rotatable bonds is 4. The van der Waals surface area contributed by atoms with Gasteiger partial charge in [-0.3, -0.25) is 0 Å². The first kappa shape index (κ1) is 11.8. The van der Waals surface area contributed by atoms with E-state index in [1.165, 1.54) is 0 Å². The zero-order chi connectivity index (χ0) is 10.6. The van der Waals surface area contributed by atoms with Crippen LogP contribution < -0.4 is 9.57 Å². The van der Waals surface area contributed by atoms with Gasteiger partial charge in [0.1, 0.15) is 5.75 Å². The molecule has 0 radical (unpaired) electrons. The van der Waals surface area contributed by atoms with Crippen LogP contribution in [0.5, 0.6) is 5.75 Å². The van der Waals surface area contributed by atoms with Gasteiger partial charge in [-0.25, -0.2) is 4.84 Å². The van der Waals surface area contributed by atoms with E-state index in [1.54, 1.807) is 25.3 Å². The second-order valence-corrected chi connectivity index (χ2v) is 3.87. The summed E-state index contributed by atoms with van der Waals surface area (Å²) >= 11 is 8.64. The van der Waals surface area contributed by atoms with Crippen LogP contribution in [-0.2, 0) is 0 Å². The summed E-state index contributed by atoms with van der Waals surface area (Å²) in [5, 5.41) is 9.60. The second kappa shape index (κ2) is 5.56. The fourth-order valence-electron chi connectivity index (χ4n) is 1.08. The number of benzene rings is 1. The van der Waals surface area contributed by atoms with E-state index in [0.717, 1.165) is 15.8 Å². The molecule has 1 rings (SSSR count). The first-order valence-electron chi connectivity index (χ1n) is 4.04. The fourth-order valence-corrected chi connectivity index (χ4v) is 1.79. The molecule has 0 heterocycles. The highest BCUT2D eigenvalue weighted by atomic mass is 79.9. The standard InChI is InChI=1S/C9H11BrClNO2/c1-14-9-3-2-6(4-7(9)10)8(13)5-12-11/h2-4,8,12-13H,5H2,1H3/t8-/m1/s1. The third-order valence-corrected chi connectivity index (χ3v) is 2.61. The fraction of sp³-hybridized carbons (Fsp3) is 0.333. The Morgan fingerprint density at radius 2 is 2.36 bits per heavy atom. The quantitative estimate of drug-likeness (QED) is 0.831. The van der Waals surface area contributed by atoms with Crippen LogP contribution in [0.4, 0.5) is 0 Å². The van der Waals surface area contributed by atoms with E-state index in [9.17, 15) is 5.11 Å². The number of methoxy groups -OCH3 is 1. The molecule has 0 fully saturated rings. The lowest BCUT2D eigenvalue weighted by Gasteiger charge is -2.11. The SMILES string of the molecule is COc1ccc([C@H](O)CNCl)cc1Br. The smallest absolute Gasteiger partial charge is 0.133 e. The van der Waals surface area contributed by atoms with Gasteiger partial charge in [-0.2, -0.15) is 0 Å². The van der Waals surface area contributed by atoms with E-state index >= 15 is 0 Å². The zero-order valence-electron chi connectivity index (χ0n) is 7.63. The lowest BCUT2D eigenvalue weighted by Crippen LogP contribution is -2.12. The first-order valence-corrected chi connectivity index (χ1v) is 5.21. The predicted molar refractivity (Wildman–Crippen MR) is 59.5 cm³/mol. The van der Waals surface area contributed by atoms with E-state index in [4.69, 9.17) is 16.5 Å². The Kier molecular flexibility index (Phi) is 4.68. The van der Waals surface area contributed by atoms with Crippen LogP contribution in [0, 0.1) is 0 Å². The molecule has 0 aliphatic carbocycles. The summed E-state index contributed by atoms with van der Waals surface area (Å²) in [5.74, 6) is 0.736. The molecule has 0 aliphatic rings. The van der Waals surface area contributed by atoms with E-state index in [-0.39, 0.29) is 0 Å². The van der Waals surface area contributed by atoms with E-state index in [2.05, 4.69) is 20.8 Å². The molecule has 78 valence electrons. The number of ether oxygens (including phenoxy) is 1. The minimum Gasteiger partial charge on any atom is -0.496 e. The van der Waals surface area contributed by atoms with Gasteiger partial charge < -0.3 is 9.84 Å². The van der Waals surface area contributed by atoms with Crippen molar-refractivity contribution >= 4 is 27.7 Å². The van der Waals surface area contributed by atoms with Crippen molar-refractivity contribution < 1.29 is 9.84 Å². The van der Waals surface area contributed by atoms with E-state index in [1.807, 2.05) is 0 Å². The van der Waals surface area contributed by atoms with Gasteiger partial charge in [0.15, 0.2) is 0 Å². The van der Waals surface area contributed by atoms with Crippen molar-refractivity contribution in [3.05, 3.63) is 28.2 Å². The van der Waals surface area contributed by atoms with Crippen molar-refractivity contribution in [2.45, 2.75) is 6.10 Å². The molecule has 0 amide bonds. The molecular formula is C9H11BrClNO2. The van der Waals surface area contributed by atoms with Gasteiger partial charge >= 0.3 is 0 Å². The van der Waals surface area contributed by atoms with Gasteiger partial charge in [-0.1, -0.05) is 6.07 Å². The zero-order valence-corrected chi connectivity index (χ0v) is 9.97. The second-order valence-electron chi connectivity index (χ2n) is 2.75. The molecule has 2 N–H and O–H groups in total. The predicted octanol–water partition coefficient (Wildman–Crippen LogP) is 2.23. The van der Waals surface area contributed by atoms with Gasteiger partial charge in [0, 0.05) is 6.54 Å². The molecule has 1 atom stereocenters. The highest BCUT2D eigenvalue weighted by Crippen LogP contribution is 2.27. The molecule has 0 bridgehead atoms. The van der Waals surface area contributed by atoms with E-state index < -0.39 is 6.10 Å². The molecule has 0 aliphatic heterocycles. The number of aliphatic hydroxyl groups is 1. The summed E-state index contributed by atoms with van der Waals surface area (Å²) in [6.07, 6.45) is -0.616. The Bertz CT molecular complexity index is 309. The van der Waals surface area contributed by atoms with Crippen molar-refractivity contribution in [2.24, 2.45) is 0 Å². The Morgan fingerprint density at radius 1 is 1.64 bits per heavy atom. The van der Waals surface area contributed by atoms with Crippen LogP contribution in [0.3, 0.4) is 0 Å². The monoisotopic (exact) mass is 279 g/mol. The number of hydrogen-bond donors (Lipinski definition) is 2. The molecule has 3 nitrogen and oxygen atoms in total. The van der Waals surface area contributed by atoms with Gasteiger partial charge in [0.2, 0.25) is 0 Å². The Balaban J connectivity index is 2.85. The van der Waals surface area contributed by atoms with Crippen LogP contribution >= 0.6 is 27.7 Å². The normalized spacial score (nSPS) is 12.6. The van der Waals surface area contributed by atoms with Crippen molar-refractivity contribution in [3.8, 4) is 5.75 Å². The largest absolute Gasteiger partial charge is 0.496 e. The highest BCUT2D eigenvalue weighted by molar-refractivity contribution is 9.10. The summed E-state index contributed by atoms with van der Waals surface area (Å²) in [4.78, 5) is 2.39. The first-order chi connectivity index (χ1) is 6.69. The van der Waals surface area contributed by atoms with Crippen LogP contribution in [-0.4, -0.2) is 18.8 Å². The molecule has 0 saturated carbocycles. The third-order valence-electron chi connectivity index (χ3n) is 1.83. The van der Waals surface area contributed by atoms with Gasteiger partial charge in [-0.05, 0) is 45.4 Å². The summed E-state index contributed by atoms with van der Waals surface area (Å²) < 4.78 is 5.88. The molecular weight excluding hydrogens is 269 g/mol. The summed E-state index contributed by atoms with van der Waals surface area (Å²) in [5.41, 5.74) is 0.783. The number of halogens is 2. The number of nitrogens with one attached hydrogen (secondary N) is 1. The highest BCUT2D eigenvalue weighted by Gasteiger charge is 2.08. The average Bonchev–Trinajstić information content (AvgIpc) is 2.18. The minimum absolute atomic E-state index is 0.306. The van der Waals surface area contributed by atoms with Crippen molar-refractivity contribution in [1.29, 1.82) is 0 Å². The average molecular weight is 281 g/mol. The van der Waals surface area contributed by atoms with Crippen molar-refractivity contribution in [3.63, 3.8) is 0 Å².